The molecule has 0 saturated heterocycles. The first-order valence-electron chi connectivity index (χ1n) is 7.82. The summed E-state index contributed by atoms with van der Waals surface area (Å²) in [4.78, 5) is 0. The van der Waals surface area contributed by atoms with Crippen LogP contribution in [-0.2, 0) is 11.2 Å². The van der Waals surface area contributed by atoms with E-state index in [1.165, 1.54) is 37.7 Å². The van der Waals surface area contributed by atoms with Crippen molar-refractivity contribution in [2.24, 2.45) is 11.3 Å². The van der Waals surface area contributed by atoms with Crippen molar-refractivity contribution < 1.29 is 4.74 Å². The molecule has 19 heavy (non-hydrogen) atoms. The number of hydrogen-bond acceptors (Lipinski definition) is 1. The van der Waals surface area contributed by atoms with Crippen LogP contribution in [0.4, 0.5) is 0 Å². The lowest BCUT2D eigenvalue weighted by molar-refractivity contribution is 0.127. The Morgan fingerprint density at radius 2 is 1.84 bits per heavy atom. The van der Waals surface area contributed by atoms with Gasteiger partial charge in [0.05, 0.1) is 6.61 Å². The molecule has 0 heterocycles. The quantitative estimate of drug-likeness (QED) is 0.577. The standard InChI is InChI=1S/C18H28O/c1-16(2)15-18(11-12-18)10-6-13-19-14-9-17-7-4-3-5-8-17/h3-5,7-8,16H,6,9-15H2,1-2H3. The molecule has 1 heteroatoms. The van der Waals surface area contributed by atoms with E-state index in [4.69, 9.17) is 4.74 Å². The van der Waals surface area contributed by atoms with Gasteiger partial charge in [-0.3, -0.25) is 0 Å². The summed E-state index contributed by atoms with van der Waals surface area (Å²) in [6.45, 7) is 6.49. The van der Waals surface area contributed by atoms with Crippen molar-refractivity contribution >= 4 is 0 Å². The van der Waals surface area contributed by atoms with Crippen LogP contribution in [0.3, 0.4) is 0 Å². The third-order valence-corrected chi connectivity index (χ3v) is 4.17. The smallest absolute Gasteiger partial charge is 0.0506 e. The molecule has 1 aromatic carbocycles. The fraction of sp³-hybridized carbons (Fsp3) is 0.667. The molecule has 0 unspecified atom stereocenters. The maximum absolute atomic E-state index is 5.77. The molecule has 0 radical (unpaired) electrons. The van der Waals surface area contributed by atoms with Gasteiger partial charge in [-0.15, -0.1) is 0 Å². The second kappa shape index (κ2) is 7.09. The van der Waals surface area contributed by atoms with Gasteiger partial charge in [0.2, 0.25) is 0 Å². The van der Waals surface area contributed by atoms with E-state index in [9.17, 15) is 0 Å². The summed E-state index contributed by atoms with van der Waals surface area (Å²) >= 11 is 0. The third-order valence-electron chi connectivity index (χ3n) is 4.17. The van der Waals surface area contributed by atoms with Crippen molar-refractivity contribution in [2.45, 2.75) is 52.4 Å². The predicted octanol–water partition coefficient (Wildman–Crippen LogP) is 4.85. The lowest BCUT2D eigenvalue weighted by Gasteiger charge is -2.17. The monoisotopic (exact) mass is 260 g/mol. The predicted molar refractivity (Wildman–Crippen MR) is 81.3 cm³/mol. The van der Waals surface area contributed by atoms with E-state index in [1.54, 1.807) is 0 Å². The second-order valence-corrected chi connectivity index (χ2v) is 6.55. The van der Waals surface area contributed by atoms with Crippen molar-refractivity contribution in [3.05, 3.63) is 35.9 Å². The van der Waals surface area contributed by atoms with Crippen molar-refractivity contribution in [1.82, 2.24) is 0 Å². The zero-order chi connectivity index (χ0) is 13.6. The fourth-order valence-electron chi connectivity index (χ4n) is 3.08. The molecule has 0 aromatic heterocycles. The molecule has 1 fully saturated rings. The largest absolute Gasteiger partial charge is 0.381 e. The maximum Gasteiger partial charge on any atom is 0.0506 e. The molecule has 1 saturated carbocycles. The zero-order valence-electron chi connectivity index (χ0n) is 12.5. The molecule has 1 aromatic rings. The van der Waals surface area contributed by atoms with Crippen molar-refractivity contribution in [3.8, 4) is 0 Å². The Labute approximate surface area is 118 Å². The van der Waals surface area contributed by atoms with Gasteiger partial charge >= 0.3 is 0 Å². The van der Waals surface area contributed by atoms with E-state index in [1.807, 2.05) is 0 Å². The average molecular weight is 260 g/mol. The lowest BCUT2D eigenvalue weighted by atomic mass is 9.90. The number of ether oxygens (including phenoxy) is 1. The Hall–Kier alpha value is -0.820. The van der Waals surface area contributed by atoms with Crippen molar-refractivity contribution in [3.63, 3.8) is 0 Å². The molecular weight excluding hydrogens is 232 g/mol. The van der Waals surface area contributed by atoms with Gasteiger partial charge in [0.15, 0.2) is 0 Å². The summed E-state index contributed by atoms with van der Waals surface area (Å²) in [6.07, 6.45) is 7.97. The second-order valence-electron chi connectivity index (χ2n) is 6.55. The molecule has 0 bridgehead atoms. The summed E-state index contributed by atoms with van der Waals surface area (Å²) in [7, 11) is 0. The van der Waals surface area contributed by atoms with Crippen LogP contribution in [0, 0.1) is 11.3 Å². The van der Waals surface area contributed by atoms with E-state index in [-0.39, 0.29) is 0 Å². The normalized spacial score (nSPS) is 16.8. The summed E-state index contributed by atoms with van der Waals surface area (Å²) < 4.78 is 5.77. The molecule has 106 valence electrons. The first-order chi connectivity index (χ1) is 9.20. The van der Waals surface area contributed by atoms with E-state index in [0.717, 1.165) is 25.6 Å². The molecule has 1 aliphatic rings. The molecule has 0 N–H and O–H groups in total. The van der Waals surface area contributed by atoms with Gasteiger partial charge < -0.3 is 4.74 Å². The average Bonchev–Trinajstić information content (AvgIpc) is 3.14. The number of benzene rings is 1. The van der Waals surface area contributed by atoms with Crippen LogP contribution in [0.1, 0.15) is 51.5 Å². The summed E-state index contributed by atoms with van der Waals surface area (Å²) in [5.41, 5.74) is 2.08. The fourth-order valence-corrected chi connectivity index (χ4v) is 3.08. The molecule has 2 rings (SSSR count). The first kappa shape index (κ1) is 14.6. The van der Waals surface area contributed by atoms with Crippen molar-refractivity contribution in [1.29, 1.82) is 0 Å². The van der Waals surface area contributed by atoms with Crippen LogP contribution in [0.2, 0.25) is 0 Å². The molecular formula is C18H28O. The summed E-state index contributed by atoms with van der Waals surface area (Å²) in [5, 5.41) is 0. The Kier molecular flexibility index (Phi) is 5.45. The maximum atomic E-state index is 5.77. The van der Waals surface area contributed by atoms with Gasteiger partial charge in [0, 0.05) is 6.61 Å². The summed E-state index contributed by atoms with van der Waals surface area (Å²) in [6, 6.07) is 10.6. The molecule has 0 atom stereocenters. The van der Waals surface area contributed by atoms with Crippen LogP contribution in [0.5, 0.6) is 0 Å². The van der Waals surface area contributed by atoms with Gasteiger partial charge in [0.1, 0.15) is 0 Å². The number of rotatable bonds is 9. The van der Waals surface area contributed by atoms with Crippen LogP contribution < -0.4 is 0 Å². The van der Waals surface area contributed by atoms with E-state index >= 15 is 0 Å². The Balaban J connectivity index is 1.51. The van der Waals surface area contributed by atoms with Crippen LogP contribution in [0.25, 0.3) is 0 Å². The highest BCUT2D eigenvalue weighted by atomic mass is 16.5. The molecule has 0 amide bonds. The molecule has 1 nitrogen and oxygen atoms in total. The van der Waals surface area contributed by atoms with E-state index in [2.05, 4.69) is 44.2 Å². The van der Waals surface area contributed by atoms with E-state index < -0.39 is 0 Å². The molecule has 1 aliphatic carbocycles. The zero-order valence-corrected chi connectivity index (χ0v) is 12.5. The summed E-state index contributed by atoms with van der Waals surface area (Å²) in [5.74, 6) is 0.849. The highest BCUT2D eigenvalue weighted by molar-refractivity contribution is 5.14. The van der Waals surface area contributed by atoms with Gasteiger partial charge in [-0.2, -0.15) is 0 Å². The number of hydrogen-bond donors (Lipinski definition) is 0. The Morgan fingerprint density at radius 3 is 2.47 bits per heavy atom. The van der Waals surface area contributed by atoms with Crippen molar-refractivity contribution in [2.75, 3.05) is 13.2 Å². The Morgan fingerprint density at radius 1 is 1.11 bits per heavy atom. The van der Waals surface area contributed by atoms with Crippen LogP contribution >= 0.6 is 0 Å². The SMILES string of the molecule is CC(C)CC1(CCCOCCc2ccccc2)CC1. The third kappa shape index (κ3) is 5.36. The molecule has 0 spiro atoms. The first-order valence-corrected chi connectivity index (χ1v) is 7.82. The Bertz CT molecular complexity index is 351. The van der Waals surface area contributed by atoms with E-state index in [0.29, 0.717) is 5.41 Å². The minimum absolute atomic E-state index is 0.705. The highest BCUT2D eigenvalue weighted by Gasteiger charge is 2.41. The van der Waals surface area contributed by atoms with Crippen LogP contribution in [0.15, 0.2) is 30.3 Å². The van der Waals surface area contributed by atoms with Gasteiger partial charge in [-0.25, -0.2) is 0 Å². The van der Waals surface area contributed by atoms with Gasteiger partial charge in [-0.05, 0) is 55.4 Å². The van der Waals surface area contributed by atoms with Gasteiger partial charge in [-0.1, -0.05) is 44.2 Å². The topological polar surface area (TPSA) is 9.23 Å². The highest BCUT2D eigenvalue weighted by Crippen LogP contribution is 2.54. The minimum Gasteiger partial charge on any atom is -0.381 e. The van der Waals surface area contributed by atoms with Gasteiger partial charge in [0.25, 0.3) is 0 Å². The lowest BCUT2D eigenvalue weighted by Crippen LogP contribution is -2.07. The van der Waals surface area contributed by atoms with Crippen LogP contribution in [-0.4, -0.2) is 13.2 Å². The minimum atomic E-state index is 0.705. The molecule has 0 aliphatic heterocycles.